The van der Waals surface area contributed by atoms with Crippen LogP contribution in [0.2, 0.25) is 0 Å². The fourth-order valence-electron chi connectivity index (χ4n) is 2.07. The number of rotatable bonds is 4. The summed E-state index contributed by atoms with van der Waals surface area (Å²) in [7, 11) is 0. The zero-order valence-corrected chi connectivity index (χ0v) is 11.7. The summed E-state index contributed by atoms with van der Waals surface area (Å²) in [5.41, 5.74) is 8.75. The summed E-state index contributed by atoms with van der Waals surface area (Å²) < 4.78 is 0. The highest BCUT2D eigenvalue weighted by atomic mass is 16.1. The van der Waals surface area contributed by atoms with E-state index >= 15 is 0 Å². The molecule has 0 aliphatic carbocycles. The third-order valence-electron chi connectivity index (χ3n) is 2.88. The smallest absolute Gasteiger partial charge is 0.258 e. The van der Waals surface area contributed by atoms with Crippen molar-refractivity contribution in [1.29, 1.82) is 0 Å². The first-order valence-electron chi connectivity index (χ1n) is 6.52. The molecule has 0 fully saturated rings. The minimum Gasteiger partial charge on any atom is -0.330 e. The van der Waals surface area contributed by atoms with E-state index in [-0.39, 0.29) is 5.91 Å². The fraction of sp³-hybridized carbons (Fsp3) is 0.267. The standard InChI is InChI=1S/C15H18N4O/c1-10-9-11(2)18-15(17-10)19-14(20)13-6-4-3-5-12(13)7-8-16/h3-6,9H,7-8,16H2,1-2H3,(H,17,18,19,20). The van der Waals surface area contributed by atoms with Gasteiger partial charge in [-0.05, 0) is 44.5 Å². The Balaban J connectivity index is 2.23. The molecule has 0 saturated carbocycles. The molecule has 5 nitrogen and oxygen atoms in total. The van der Waals surface area contributed by atoms with Crippen molar-refractivity contribution in [3.8, 4) is 0 Å². The van der Waals surface area contributed by atoms with Crippen molar-refractivity contribution in [3.63, 3.8) is 0 Å². The maximum absolute atomic E-state index is 12.3. The Morgan fingerprint density at radius 2 is 1.85 bits per heavy atom. The lowest BCUT2D eigenvalue weighted by molar-refractivity contribution is 0.102. The van der Waals surface area contributed by atoms with Gasteiger partial charge in [0.25, 0.3) is 5.91 Å². The van der Waals surface area contributed by atoms with Crippen LogP contribution < -0.4 is 11.1 Å². The summed E-state index contributed by atoms with van der Waals surface area (Å²) in [6.45, 7) is 4.24. The van der Waals surface area contributed by atoms with Crippen LogP contribution in [0.3, 0.4) is 0 Å². The number of nitrogens with two attached hydrogens (primary N) is 1. The highest BCUT2D eigenvalue weighted by molar-refractivity contribution is 6.04. The van der Waals surface area contributed by atoms with Crippen molar-refractivity contribution < 1.29 is 4.79 Å². The number of hydrogen-bond donors (Lipinski definition) is 2. The molecule has 0 aliphatic rings. The Hall–Kier alpha value is -2.27. The van der Waals surface area contributed by atoms with E-state index in [1.54, 1.807) is 6.07 Å². The molecule has 0 aliphatic heterocycles. The second-order valence-electron chi connectivity index (χ2n) is 4.62. The molecule has 20 heavy (non-hydrogen) atoms. The Labute approximate surface area is 118 Å². The molecular formula is C15H18N4O. The fourth-order valence-corrected chi connectivity index (χ4v) is 2.07. The molecule has 0 atom stereocenters. The van der Waals surface area contributed by atoms with E-state index in [9.17, 15) is 4.79 Å². The molecule has 0 radical (unpaired) electrons. The van der Waals surface area contributed by atoms with E-state index < -0.39 is 0 Å². The van der Waals surface area contributed by atoms with Gasteiger partial charge in [0, 0.05) is 17.0 Å². The number of carbonyl (C=O) groups excluding carboxylic acids is 1. The molecule has 0 saturated heterocycles. The van der Waals surface area contributed by atoms with Crippen LogP contribution in [-0.2, 0) is 6.42 Å². The van der Waals surface area contributed by atoms with E-state index in [2.05, 4.69) is 15.3 Å². The van der Waals surface area contributed by atoms with Crippen molar-refractivity contribution in [2.45, 2.75) is 20.3 Å². The number of amides is 1. The molecule has 0 bridgehead atoms. The minimum absolute atomic E-state index is 0.209. The van der Waals surface area contributed by atoms with Gasteiger partial charge in [-0.1, -0.05) is 18.2 Å². The summed E-state index contributed by atoms with van der Waals surface area (Å²) in [6, 6.07) is 9.28. The van der Waals surface area contributed by atoms with Crippen molar-refractivity contribution in [3.05, 3.63) is 52.8 Å². The van der Waals surface area contributed by atoms with Gasteiger partial charge in [0.1, 0.15) is 0 Å². The third kappa shape index (κ3) is 3.39. The molecule has 1 aromatic heterocycles. The normalized spacial score (nSPS) is 10.3. The topological polar surface area (TPSA) is 80.9 Å². The molecule has 0 spiro atoms. The lowest BCUT2D eigenvalue weighted by atomic mass is 10.0. The van der Waals surface area contributed by atoms with Crippen molar-refractivity contribution >= 4 is 11.9 Å². The van der Waals surface area contributed by atoms with Gasteiger partial charge in [-0.2, -0.15) is 0 Å². The Morgan fingerprint density at radius 1 is 1.20 bits per heavy atom. The molecule has 2 rings (SSSR count). The van der Waals surface area contributed by atoms with E-state index in [0.717, 1.165) is 17.0 Å². The first-order valence-corrected chi connectivity index (χ1v) is 6.52. The number of nitrogens with zero attached hydrogens (tertiary/aromatic N) is 2. The summed E-state index contributed by atoms with van der Waals surface area (Å²) in [5, 5.41) is 2.74. The summed E-state index contributed by atoms with van der Waals surface area (Å²) in [6.07, 6.45) is 0.664. The average molecular weight is 270 g/mol. The summed E-state index contributed by atoms with van der Waals surface area (Å²) in [5.74, 6) is 0.120. The second kappa shape index (κ2) is 6.25. The number of carbonyl (C=O) groups is 1. The van der Waals surface area contributed by atoms with Crippen LogP contribution >= 0.6 is 0 Å². The number of benzene rings is 1. The average Bonchev–Trinajstić information content (AvgIpc) is 2.38. The summed E-state index contributed by atoms with van der Waals surface area (Å²) in [4.78, 5) is 20.7. The van der Waals surface area contributed by atoms with E-state index in [1.165, 1.54) is 0 Å². The first kappa shape index (κ1) is 14.1. The van der Waals surface area contributed by atoms with Crippen LogP contribution in [0.1, 0.15) is 27.3 Å². The zero-order chi connectivity index (χ0) is 14.5. The highest BCUT2D eigenvalue weighted by Crippen LogP contribution is 2.12. The van der Waals surface area contributed by atoms with Crippen molar-refractivity contribution in [1.82, 2.24) is 9.97 Å². The largest absolute Gasteiger partial charge is 0.330 e. The lowest BCUT2D eigenvalue weighted by Gasteiger charge is -2.09. The zero-order valence-electron chi connectivity index (χ0n) is 11.7. The van der Waals surface area contributed by atoms with Crippen molar-refractivity contribution in [2.75, 3.05) is 11.9 Å². The van der Waals surface area contributed by atoms with Gasteiger partial charge in [0.05, 0.1) is 0 Å². The maximum Gasteiger partial charge on any atom is 0.258 e. The van der Waals surface area contributed by atoms with Crippen LogP contribution in [0.15, 0.2) is 30.3 Å². The number of anilines is 1. The predicted molar refractivity (Wildman–Crippen MR) is 78.7 cm³/mol. The minimum atomic E-state index is -0.209. The first-order chi connectivity index (χ1) is 9.60. The Bertz CT molecular complexity index is 605. The Morgan fingerprint density at radius 3 is 2.50 bits per heavy atom. The monoisotopic (exact) mass is 270 g/mol. The van der Waals surface area contributed by atoms with E-state index in [1.807, 2.05) is 38.1 Å². The van der Waals surface area contributed by atoms with E-state index in [4.69, 9.17) is 5.73 Å². The van der Waals surface area contributed by atoms with Crippen LogP contribution in [0, 0.1) is 13.8 Å². The highest BCUT2D eigenvalue weighted by Gasteiger charge is 2.12. The maximum atomic E-state index is 12.3. The van der Waals surface area contributed by atoms with E-state index in [0.29, 0.717) is 24.5 Å². The number of aromatic nitrogens is 2. The molecule has 0 unspecified atom stereocenters. The molecule has 3 N–H and O–H groups in total. The molecule has 1 heterocycles. The van der Waals surface area contributed by atoms with Gasteiger partial charge < -0.3 is 5.73 Å². The third-order valence-corrected chi connectivity index (χ3v) is 2.88. The quantitative estimate of drug-likeness (QED) is 0.888. The van der Waals surface area contributed by atoms with Crippen molar-refractivity contribution in [2.24, 2.45) is 5.73 Å². The number of nitrogens with one attached hydrogen (secondary N) is 1. The van der Waals surface area contributed by atoms with Gasteiger partial charge in [-0.3, -0.25) is 10.1 Å². The van der Waals surface area contributed by atoms with Crippen LogP contribution in [0.4, 0.5) is 5.95 Å². The predicted octanol–water partition coefficient (Wildman–Crippen LogP) is 1.85. The van der Waals surface area contributed by atoms with Crippen LogP contribution in [0.5, 0.6) is 0 Å². The molecule has 2 aromatic rings. The van der Waals surface area contributed by atoms with Gasteiger partial charge in [-0.15, -0.1) is 0 Å². The van der Waals surface area contributed by atoms with Gasteiger partial charge in [-0.25, -0.2) is 9.97 Å². The van der Waals surface area contributed by atoms with Crippen LogP contribution in [-0.4, -0.2) is 22.4 Å². The Kier molecular flexibility index (Phi) is 4.42. The molecular weight excluding hydrogens is 252 g/mol. The van der Waals surface area contributed by atoms with Gasteiger partial charge >= 0.3 is 0 Å². The second-order valence-corrected chi connectivity index (χ2v) is 4.62. The molecule has 104 valence electrons. The van der Waals surface area contributed by atoms with Crippen LogP contribution in [0.25, 0.3) is 0 Å². The van der Waals surface area contributed by atoms with Gasteiger partial charge in [0.15, 0.2) is 0 Å². The molecule has 5 heteroatoms. The summed E-state index contributed by atoms with van der Waals surface area (Å²) >= 11 is 0. The molecule has 1 amide bonds. The number of aryl methyl sites for hydroxylation is 2. The molecule has 1 aromatic carbocycles. The number of hydrogen-bond acceptors (Lipinski definition) is 4. The lowest BCUT2D eigenvalue weighted by Crippen LogP contribution is -2.17. The SMILES string of the molecule is Cc1cc(C)nc(NC(=O)c2ccccc2CCN)n1. The van der Waals surface area contributed by atoms with Gasteiger partial charge in [0.2, 0.25) is 5.95 Å².